The average molecular weight is 319 g/mol. The van der Waals surface area contributed by atoms with Crippen molar-refractivity contribution in [1.29, 1.82) is 0 Å². The first kappa shape index (κ1) is 12.4. The zero-order chi connectivity index (χ0) is 13.2. The smallest absolute Gasteiger partial charge is 0.342 e. The van der Waals surface area contributed by atoms with Gasteiger partial charge >= 0.3 is 5.97 Å². The van der Waals surface area contributed by atoms with Crippen LogP contribution < -0.4 is 0 Å². The molecule has 0 N–H and O–H groups in total. The fourth-order valence-electron chi connectivity index (χ4n) is 1.98. The molecule has 0 amide bonds. The number of ether oxygens (including phenoxy) is 2. The van der Waals surface area contributed by atoms with Crippen LogP contribution in [0.25, 0.3) is 0 Å². The van der Waals surface area contributed by atoms with E-state index < -0.39 is 12.4 Å². The monoisotopic (exact) mass is 318 g/mol. The van der Waals surface area contributed by atoms with Crippen LogP contribution in [0, 0.1) is 0 Å². The number of benzene rings is 2. The molecular weight excluding hydrogens is 308 g/mol. The molecule has 4 heteroatoms. The number of hydrogen-bond acceptors (Lipinski definition) is 3. The van der Waals surface area contributed by atoms with E-state index in [-0.39, 0.29) is 5.97 Å². The van der Waals surface area contributed by atoms with Crippen LogP contribution in [0.1, 0.15) is 23.5 Å². The summed E-state index contributed by atoms with van der Waals surface area (Å²) < 4.78 is 11.9. The lowest BCUT2D eigenvalue weighted by Gasteiger charge is -2.09. The fraction of sp³-hybridized carbons (Fsp3) is 0.133. The van der Waals surface area contributed by atoms with E-state index in [1.165, 1.54) is 0 Å². The van der Waals surface area contributed by atoms with Crippen molar-refractivity contribution >= 4 is 21.9 Å². The number of esters is 1. The van der Waals surface area contributed by atoms with Crippen LogP contribution in [-0.4, -0.2) is 5.97 Å². The van der Waals surface area contributed by atoms with Crippen LogP contribution in [0.4, 0.5) is 0 Å². The Kier molecular flexibility index (Phi) is 3.36. The van der Waals surface area contributed by atoms with Crippen LogP contribution >= 0.6 is 15.9 Å². The van der Waals surface area contributed by atoms with Gasteiger partial charge in [0.2, 0.25) is 6.29 Å². The van der Waals surface area contributed by atoms with E-state index in [9.17, 15) is 4.79 Å². The maximum Gasteiger partial charge on any atom is 0.342 e. The lowest BCUT2D eigenvalue weighted by molar-refractivity contribution is -0.144. The number of rotatable bonds is 2. The molecule has 96 valence electrons. The summed E-state index contributed by atoms with van der Waals surface area (Å²) in [6.07, 6.45) is -1.28. The molecule has 1 aliphatic rings. The van der Waals surface area contributed by atoms with E-state index in [1.807, 2.05) is 54.6 Å². The molecule has 3 nitrogen and oxygen atoms in total. The lowest BCUT2D eigenvalue weighted by Crippen LogP contribution is -2.06. The fourth-order valence-corrected chi connectivity index (χ4v) is 2.25. The summed E-state index contributed by atoms with van der Waals surface area (Å²) in [7, 11) is 0. The van der Waals surface area contributed by atoms with Crippen molar-refractivity contribution in [3.05, 3.63) is 70.2 Å². The van der Waals surface area contributed by atoms with Crippen LogP contribution in [0.3, 0.4) is 0 Å². The standard InChI is InChI=1S/C15H11BrO3/c16-12-8-6-11(7-9-12)15-18-13(14(17)19-15)10-4-2-1-3-5-10/h1-9,13,15H/t13-,15-/m0/s1. The zero-order valence-electron chi connectivity index (χ0n) is 9.95. The van der Waals surface area contributed by atoms with Gasteiger partial charge < -0.3 is 9.47 Å². The highest BCUT2D eigenvalue weighted by atomic mass is 79.9. The summed E-state index contributed by atoms with van der Waals surface area (Å²) in [6, 6.07) is 16.9. The third kappa shape index (κ3) is 2.55. The summed E-state index contributed by atoms with van der Waals surface area (Å²) in [5.41, 5.74) is 1.64. The number of halogens is 1. The molecule has 0 aliphatic carbocycles. The second-order valence-corrected chi connectivity index (χ2v) is 5.16. The first-order chi connectivity index (χ1) is 9.24. The summed E-state index contributed by atoms with van der Waals surface area (Å²) >= 11 is 3.37. The molecule has 0 spiro atoms. The molecule has 1 aliphatic heterocycles. The highest BCUT2D eigenvalue weighted by Gasteiger charge is 2.37. The van der Waals surface area contributed by atoms with E-state index in [0.717, 1.165) is 15.6 Å². The Labute approximate surface area is 119 Å². The molecule has 0 aromatic heterocycles. The van der Waals surface area contributed by atoms with Crippen molar-refractivity contribution in [2.45, 2.75) is 12.4 Å². The van der Waals surface area contributed by atoms with E-state index in [0.29, 0.717) is 0 Å². The van der Waals surface area contributed by atoms with Gasteiger partial charge in [-0.05, 0) is 17.7 Å². The van der Waals surface area contributed by atoms with Gasteiger partial charge in [0.05, 0.1) is 0 Å². The Morgan fingerprint density at radius 3 is 2.26 bits per heavy atom. The van der Waals surface area contributed by atoms with Crippen LogP contribution in [0.15, 0.2) is 59.1 Å². The first-order valence-electron chi connectivity index (χ1n) is 5.90. The molecule has 2 aromatic rings. The summed E-state index contributed by atoms with van der Waals surface area (Å²) in [5.74, 6) is -0.348. The van der Waals surface area contributed by atoms with Crippen LogP contribution in [0.5, 0.6) is 0 Å². The Morgan fingerprint density at radius 2 is 1.58 bits per heavy atom. The van der Waals surface area contributed by atoms with Gasteiger partial charge in [-0.25, -0.2) is 4.79 Å². The van der Waals surface area contributed by atoms with E-state index >= 15 is 0 Å². The Morgan fingerprint density at radius 1 is 0.895 bits per heavy atom. The highest BCUT2D eigenvalue weighted by Crippen LogP contribution is 2.36. The van der Waals surface area contributed by atoms with Gasteiger partial charge in [-0.15, -0.1) is 0 Å². The number of hydrogen-bond donors (Lipinski definition) is 0. The number of cyclic esters (lactones) is 1. The Balaban J connectivity index is 1.82. The van der Waals surface area contributed by atoms with E-state index in [2.05, 4.69) is 15.9 Å². The van der Waals surface area contributed by atoms with E-state index in [4.69, 9.17) is 9.47 Å². The Bertz CT molecular complexity index is 580. The van der Waals surface area contributed by atoms with Crippen molar-refractivity contribution in [2.24, 2.45) is 0 Å². The molecular formula is C15H11BrO3. The average Bonchev–Trinajstić information content (AvgIpc) is 2.83. The summed E-state index contributed by atoms with van der Waals surface area (Å²) in [6.45, 7) is 0. The quantitative estimate of drug-likeness (QED) is 0.791. The minimum Gasteiger partial charge on any atom is -0.429 e. The Hall–Kier alpha value is -1.65. The van der Waals surface area contributed by atoms with Crippen molar-refractivity contribution in [3.63, 3.8) is 0 Å². The van der Waals surface area contributed by atoms with Gasteiger partial charge in [-0.1, -0.05) is 58.4 Å². The third-order valence-electron chi connectivity index (χ3n) is 2.94. The zero-order valence-corrected chi connectivity index (χ0v) is 11.5. The summed E-state index contributed by atoms with van der Waals surface area (Å²) in [5, 5.41) is 0. The van der Waals surface area contributed by atoms with Crippen molar-refractivity contribution in [2.75, 3.05) is 0 Å². The maximum absolute atomic E-state index is 11.9. The molecule has 2 atom stereocenters. The first-order valence-corrected chi connectivity index (χ1v) is 6.70. The maximum atomic E-state index is 11.9. The molecule has 19 heavy (non-hydrogen) atoms. The lowest BCUT2D eigenvalue weighted by atomic mass is 10.1. The molecule has 0 unspecified atom stereocenters. The second kappa shape index (κ2) is 5.15. The SMILES string of the molecule is O=C1O[C@@H](c2ccc(Br)cc2)O[C@H]1c1ccccc1. The third-order valence-corrected chi connectivity index (χ3v) is 3.47. The molecule has 1 heterocycles. The van der Waals surface area contributed by atoms with Crippen molar-refractivity contribution < 1.29 is 14.3 Å². The summed E-state index contributed by atoms with van der Waals surface area (Å²) in [4.78, 5) is 11.9. The van der Waals surface area contributed by atoms with Gasteiger partial charge in [0.15, 0.2) is 6.10 Å². The molecule has 0 radical (unpaired) electrons. The van der Waals surface area contributed by atoms with Gasteiger partial charge in [0.1, 0.15) is 0 Å². The molecule has 0 saturated carbocycles. The highest BCUT2D eigenvalue weighted by molar-refractivity contribution is 9.10. The second-order valence-electron chi connectivity index (χ2n) is 4.25. The topological polar surface area (TPSA) is 35.5 Å². The predicted octanol–water partition coefficient (Wildman–Crippen LogP) is 3.76. The van der Waals surface area contributed by atoms with Gasteiger partial charge in [-0.3, -0.25) is 0 Å². The molecule has 0 bridgehead atoms. The van der Waals surface area contributed by atoms with Gasteiger partial charge in [0.25, 0.3) is 0 Å². The normalized spacial score (nSPS) is 22.3. The molecule has 1 saturated heterocycles. The largest absolute Gasteiger partial charge is 0.429 e. The number of carbonyl (C=O) groups is 1. The molecule has 3 rings (SSSR count). The van der Waals surface area contributed by atoms with Gasteiger partial charge in [0, 0.05) is 10.0 Å². The molecule has 1 fully saturated rings. The minimum absolute atomic E-state index is 0.348. The molecule has 2 aromatic carbocycles. The van der Waals surface area contributed by atoms with E-state index in [1.54, 1.807) is 0 Å². The van der Waals surface area contributed by atoms with Crippen LogP contribution in [0.2, 0.25) is 0 Å². The van der Waals surface area contributed by atoms with Crippen LogP contribution in [-0.2, 0) is 14.3 Å². The predicted molar refractivity (Wildman–Crippen MR) is 73.2 cm³/mol. The van der Waals surface area contributed by atoms with Crippen molar-refractivity contribution in [3.8, 4) is 0 Å². The van der Waals surface area contributed by atoms with Crippen molar-refractivity contribution in [1.82, 2.24) is 0 Å². The number of carbonyl (C=O) groups excluding carboxylic acids is 1. The van der Waals surface area contributed by atoms with Gasteiger partial charge in [-0.2, -0.15) is 0 Å². The minimum atomic E-state index is -0.644.